The number of anilines is 1. The number of carbonyl (C=O) groups is 1. The number of aryl methyl sites for hydroxylation is 2. The highest BCUT2D eigenvalue weighted by molar-refractivity contribution is 5.97. The fraction of sp³-hybridized carbons (Fsp3) is 0.200. The van der Waals surface area contributed by atoms with E-state index in [4.69, 9.17) is 0 Å². The Hall–Kier alpha value is -3.40. The smallest absolute Gasteiger partial charge is 0.162 e. The van der Waals surface area contributed by atoms with Gasteiger partial charge in [0.05, 0.1) is 17.6 Å². The topological polar surface area (TPSA) is 46.9 Å². The van der Waals surface area contributed by atoms with Gasteiger partial charge in [0.2, 0.25) is 0 Å². The summed E-state index contributed by atoms with van der Waals surface area (Å²) >= 11 is 0. The lowest BCUT2D eigenvalue weighted by atomic mass is 10.0. The maximum absolute atomic E-state index is 12.0. The molecule has 0 fully saturated rings. The summed E-state index contributed by atoms with van der Waals surface area (Å²) in [4.78, 5) is 16.6. The van der Waals surface area contributed by atoms with E-state index in [1.807, 2.05) is 62.0 Å². The fourth-order valence-electron chi connectivity index (χ4n) is 3.30. The third kappa shape index (κ3) is 4.37. The minimum Gasteiger partial charge on any atom is -0.353 e. The predicted octanol–water partition coefficient (Wildman–Crippen LogP) is 6.33. The number of nitrogens with zero attached hydrogens (tertiary/aromatic N) is 2. The van der Waals surface area contributed by atoms with Crippen LogP contribution >= 0.6 is 0 Å². The molecule has 148 valence electrons. The van der Waals surface area contributed by atoms with Gasteiger partial charge in [-0.1, -0.05) is 49.4 Å². The quantitative estimate of drug-likeness (QED) is 0.483. The zero-order chi connectivity index (χ0) is 21.0. The lowest BCUT2D eigenvalue weighted by molar-refractivity contribution is 0.0987. The van der Waals surface area contributed by atoms with E-state index in [0.717, 1.165) is 33.9 Å². The van der Waals surface area contributed by atoms with E-state index < -0.39 is 0 Å². The van der Waals surface area contributed by atoms with Crippen molar-refractivity contribution in [2.24, 2.45) is 0 Å². The van der Waals surface area contributed by atoms with E-state index in [2.05, 4.69) is 48.1 Å². The molecule has 4 nitrogen and oxygen atoms in total. The van der Waals surface area contributed by atoms with Gasteiger partial charge < -0.3 is 5.32 Å². The molecule has 0 spiro atoms. The second-order valence-electron chi connectivity index (χ2n) is 7.10. The van der Waals surface area contributed by atoms with Crippen molar-refractivity contribution in [3.63, 3.8) is 0 Å². The summed E-state index contributed by atoms with van der Waals surface area (Å²) in [6.45, 7) is 12.1. The van der Waals surface area contributed by atoms with Gasteiger partial charge in [0.25, 0.3) is 0 Å². The summed E-state index contributed by atoms with van der Waals surface area (Å²) in [6.07, 6.45) is 6.33. The van der Waals surface area contributed by atoms with Crippen LogP contribution in [0.1, 0.15) is 47.6 Å². The molecular formula is C25H27N3O. The van der Waals surface area contributed by atoms with E-state index in [1.54, 1.807) is 0 Å². The van der Waals surface area contributed by atoms with E-state index >= 15 is 0 Å². The molecule has 0 radical (unpaired) electrons. The van der Waals surface area contributed by atoms with Crippen LogP contribution in [0, 0.1) is 13.8 Å². The van der Waals surface area contributed by atoms with Crippen molar-refractivity contribution in [2.75, 3.05) is 5.32 Å². The Bertz CT molecular complexity index is 1070. The second-order valence-corrected chi connectivity index (χ2v) is 7.10. The summed E-state index contributed by atoms with van der Waals surface area (Å²) < 4.78 is 2.03. The van der Waals surface area contributed by atoms with Gasteiger partial charge in [-0.05, 0) is 44.5 Å². The molecule has 1 heterocycles. The molecule has 2 aromatic carbocycles. The largest absolute Gasteiger partial charge is 0.353 e. The van der Waals surface area contributed by atoms with E-state index in [-0.39, 0.29) is 5.78 Å². The molecule has 0 aliphatic rings. The van der Waals surface area contributed by atoms with Crippen LogP contribution in [0.2, 0.25) is 0 Å². The molecular weight excluding hydrogens is 358 g/mol. The first-order valence-electron chi connectivity index (χ1n) is 9.81. The molecule has 1 N–H and O–H groups in total. The number of Topliss-reactive ketones (excluding diaryl/α,β-unsaturated/α-hetero) is 1. The van der Waals surface area contributed by atoms with Crippen molar-refractivity contribution in [1.82, 2.24) is 9.55 Å². The highest BCUT2D eigenvalue weighted by atomic mass is 16.1. The lowest BCUT2D eigenvalue weighted by Crippen LogP contribution is -2.06. The monoisotopic (exact) mass is 385 g/mol. The number of allylic oxidation sites excluding steroid dienone is 1. The van der Waals surface area contributed by atoms with Gasteiger partial charge in [0, 0.05) is 29.4 Å². The van der Waals surface area contributed by atoms with Crippen molar-refractivity contribution in [3.05, 3.63) is 83.8 Å². The molecule has 1 aromatic heterocycles. The number of ketones is 1. The van der Waals surface area contributed by atoms with Gasteiger partial charge >= 0.3 is 0 Å². The molecule has 0 aliphatic carbocycles. The highest BCUT2D eigenvalue weighted by Gasteiger charge is 2.14. The number of hydrogen-bond acceptors (Lipinski definition) is 3. The molecule has 3 aromatic rings. The maximum Gasteiger partial charge on any atom is 0.162 e. The van der Waals surface area contributed by atoms with Gasteiger partial charge in [-0.2, -0.15) is 0 Å². The summed E-state index contributed by atoms with van der Waals surface area (Å²) in [5.41, 5.74) is 6.60. The Morgan fingerprint density at radius 1 is 1.17 bits per heavy atom. The number of aromatic nitrogens is 2. The number of rotatable bonds is 7. The first-order chi connectivity index (χ1) is 13.9. The van der Waals surface area contributed by atoms with Crippen LogP contribution in [-0.4, -0.2) is 15.3 Å². The molecule has 0 unspecified atom stereocenters. The van der Waals surface area contributed by atoms with Crippen molar-refractivity contribution in [2.45, 2.75) is 34.1 Å². The van der Waals surface area contributed by atoms with E-state index in [1.165, 1.54) is 5.56 Å². The van der Waals surface area contributed by atoms with Crippen LogP contribution in [0.4, 0.5) is 5.69 Å². The predicted molar refractivity (Wildman–Crippen MR) is 122 cm³/mol. The third-order valence-electron chi connectivity index (χ3n) is 4.86. The van der Waals surface area contributed by atoms with E-state index in [9.17, 15) is 4.79 Å². The lowest BCUT2D eigenvalue weighted by Gasteiger charge is -2.13. The Kier molecular flexibility index (Phi) is 6.13. The second kappa shape index (κ2) is 8.74. The molecule has 0 saturated carbocycles. The standard InChI is InChI=1S/C25H27N3O/c1-6-14-28-23(20-10-8-17(3)9-11-20)16-26-25(28)19(5)27-21-12-13-22(18(4)15-21)24(29)7-2/h6,8-16,27H,5,7H2,1-4H3/b14-6-. The number of imidazole rings is 1. The molecule has 0 saturated heterocycles. The van der Waals surface area contributed by atoms with Crippen LogP contribution in [0.15, 0.2) is 61.3 Å². The third-order valence-corrected chi connectivity index (χ3v) is 4.86. The average Bonchev–Trinajstić information content (AvgIpc) is 3.12. The summed E-state index contributed by atoms with van der Waals surface area (Å²) in [7, 11) is 0. The van der Waals surface area contributed by atoms with Crippen LogP contribution in [0.3, 0.4) is 0 Å². The molecule has 0 amide bonds. The summed E-state index contributed by atoms with van der Waals surface area (Å²) in [6, 6.07) is 14.1. The maximum atomic E-state index is 12.0. The number of carbonyl (C=O) groups excluding carboxylic acids is 1. The summed E-state index contributed by atoms with van der Waals surface area (Å²) in [5.74, 6) is 0.893. The molecule has 0 aliphatic heterocycles. The van der Waals surface area contributed by atoms with Gasteiger partial charge in [-0.3, -0.25) is 9.36 Å². The van der Waals surface area contributed by atoms with Crippen molar-refractivity contribution >= 4 is 23.4 Å². The van der Waals surface area contributed by atoms with Crippen LogP contribution in [0.25, 0.3) is 23.2 Å². The van der Waals surface area contributed by atoms with Crippen molar-refractivity contribution < 1.29 is 4.79 Å². The number of nitrogens with one attached hydrogen (secondary N) is 1. The molecule has 4 heteroatoms. The van der Waals surface area contributed by atoms with Crippen LogP contribution in [0.5, 0.6) is 0 Å². The van der Waals surface area contributed by atoms with Crippen molar-refractivity contribution in [3.8, 4) is 11.3 Å². The number of benzene rings is 2. The minimum absolute atomic E-state index is 0.152. The zero-order valence-electron chi connectivity index (χ0n) is 17.5. The Labute approximate surface area is 172 Å². The highest BCUT2D eigenvalue weighted by Crippen LogP contribution is 2.26. The fourth-order valence-corrected chi connectivity index (χ4v) is 3.30. The van der Waals surface area contributed by atoms with Gasteiger partial charge in [-0.25, -0.2) is 4.98 Å². The van der Waals surface area contributed by atoms with Crippen molar-refractivity contribution in [1.29, 1.82) is 0 Å². The Balaban J connectivity index is 1.91. The SMILES string of the molecule is C=C(Nc1ccc(C(=O)CC)c(C)c1)c1ncc(-c2ccc(C)cc2)n1/C=C\C. The first kappa shape index (κ1) is 20.3. The molecule has 29 heavy (non-hydrogen) atoms. The van der Waals surface area contributed by atoms with Gasteiger partial charge in [-0.15, -0.1) is 0 Å². The normalized spacial score (nSPS) is 11.0. The Morgan fingerprint density at radius 2 is 1.90 bits per heavy atom. The summed E-state index contributed by atoms with van der Waals surface area (Å²) in [5, 5.41) is 3.33. The van der Waals surface area contributed by atoms with Gasteiger partial charge in [0.1, 0.15) is 0 Å². The zero-order valence-corrected chi connectivity index (χ0v) is 17.5. The first-order valence-corrected chi connectivity index (χ1v) is 9.81. The van der Waals surface area contributed by atoms with Gasteiger partial charge in [0.15, 0.2) is 11.6 Å². The number of hydrogen-bond donors (Lipinski definition) is 1. The molecule has 3 rings (SSSR count). The van der Waals surface area contributed by atoms with Crippen LogP contribution < -0.4 is 5.32 Å². The van der Waals surface area contributed by atoms with E-state index in [0.29, 0.717) is 12.1 Å². The average molecular weight is 386 g/mol. The minimum atomic E-state index is 0.152. The molecule has 0 bridgehead atoms. The molecule has 0 atom stereocenters. The Morgan fingerprint density at radius 3 is 2.52 bits per heavy atom. The van der Waals surface area contributed by atoms with Crippen LogP contribution in [-0.2, 0) is 0 Å².